The largest absolute Gasteiger partial charge is 0.321 e. The fraction of sp³-hybridized carbons (Fsp3) is 0.0417. The van der Waals surface area contributed by atoms with Crippen molar-refractivity contribution in [3.63, 3.8) is 0 Å². The first-order chi connectivity index (χ1) is 12.9. The van der Waals surface area contributed by atoms with E-state index >= 15 is 0 Å². The number of fused-ring (bicyclic) bond motifs is 4. The molecule has 0 spiro atoms. The molecule has 0 bridgehead atoms. The zero-order chi connectivity index (χ0) is 17.5. The van der Waals surface area contributed by atoms with Crippen molar-refractivity contribution in [1.82, 2.24) is 9.55 Å². The van der Waals surface area contributed by atoms with Crippen LogP contribution < -0.4 is 0 Å². The highest BCUT2D eigenvalue weighted by Gasteiger charge is 2.18. The molecule has 2 heteroatoms. The summed E-state index contributed by atoms with van der Waals surface area (Å²) in [5.74, 6) is 0. The van der Waals surface area contributed by atoms with Gasteiger partial charge in [-0.25, -0.2) is 4.98 Å². The molecule has 5 rings (SSSR count). The van der Waals surface area contributed by atoms with Crippen LogP contribution in [0, 0.1) is 0 Å². The Bertz CT molecular complexity index is 1260. The lowest BCUT2D eigenvalue weighted by Gasteiger charge is -2.10. The van der Waals surface area contributed by atoms with E-state index in [1.54, 1.807) is 0 Å². The van der Waals surface area contributed by atoms with E-state index in [0.717, 1.165) is 17.7 Å². The standard InChI is InChI=1S/C24H18N2/c1-2-16-26-21-15-9-7-13-19(21)23-22(17-10-4-3-5-11-17)18-12-6-8-14-20(18)25-24(23)26/h2-15H,1,16H2. The molecule has 2 heterocycles. The second kappa shape index (κ2) is 5.85. The van der Waals surface area contributed by atoms with Crippen molar-refractivity contribution >= 4 is 32.8 Å². The van der Waals surface area contributed by atoms with Crippen LogP contribution in [0.5, 0.6) is 0 Å². The Morgan fingerprint density at radius 1 is 0.808 bits per heavy atom. The molecule has 0 aliphatic carbocycles. The van der Waals surface area contributed by atoms with Crippen LogP contribution in [0.4, 0.5) is 0 Å². The third-order valence-electron chi connectivity index (χ3n) is 4.97. The highest BCUT2D eigenvalue weighted by Crippen LogP contribution is 2.40. The van der Waals surface area contributed by atoms with Gasteiger partial charge in [0, 0.05) is 28.3 Å². The van der Waals surface area contributed by atoms with Crippen molar-refractivity contribution in [3.8, 4) is 11.1 Å². The number of hydrogen-bond donors (Lipinski definition) is 0. The lowest BCUT2D eigenvalue weighted by molar-refractivity contribution is 0.888. The second-order valence-corrected chi connectivity index (χ2v) is 6.49. The Hall–Kier alpha value is -3.39. The number of hydrogen-bond acceptors (Lipinski definition) is 1. The van der Waals surface area contributed by atoms with Gasteiger partial charge >= 0.3 is 0 Å². The van der Waals surface area contributed by atoms with Crippen LogP contribution in [0.25, 0.3) is 44.0 Å². The van der Waals surface area contributed by atoms with Crippen LogP contribution in [0.3, 0.4) is 0 Å². The summed E-state index contributed by atoms with van der Waals surface area (Å²) in [6, 6.07) is 27.6. The van der Waals surface area contributed by atoms with E-state index in [2.05, 4.69) is 90.0 Å². The zero-order valence-electron chi connectivity index (χ0n) is 14.4. The van der Waals surface area contributed by atoms with E-state index in [4.69, 9.17) is 4.98 Å². The average molecular weight is 334 g/mol. The van der Waals surface area contributed by atoms with Gasteiger partial charge in [0.05, 0.1) is 11.0 Å². The summed E-state index contributed by atoms with van der Waals surface area (Å²) in [4.78, 5) is 5.03. The maximum atomic E-state index is 5.03. The normalized spacial score (nSPS) is 11.4. The lowest BCUT2D eigenvalue weighted by atomic mass is 9.96. The van der Waals surface area contributed by atoms with Gasteiger partial charge in [0.2, 0.25) is 0 Å². The molecule has 0 amide bonds. The first kappa shape index (κ1) is 14.9. The van der Waals surface area contributed by atoms with Crippen LogP contribution >= 0.6 is 0 Å². The molecule has 3 aromatic carbocycles. The third kappa shape index (κ3) is 2.09. The van der Waals surface area contributed by atoms with Gasteiger partial charge in [0.25, 0.3) is 0 Å². The topological polar surface area (TPSA) is 17.8 Å². The Morgan fingerprint density at radius 2 is 1.50 bits per heavy atom. The Kier molecular flexibility index (Phi) is 3.36. The number of pyridine rings is 1. The summed E-state index contributed by atoms with van der Waals surface area (Å²) in [5, 5.41) is 3.64. The van der Waals surface area contributed by atoms with Gasteiger partial charge in [0.1, 0.15) is 5.65 Å². The highest BCUT2D eigenvalue weighted by atomic mass is 15.0. The molecule has 0 aliphatic heterocycles. The van der Waals surface area contributed by atoms with Crippen molar-refractivity contribution in [2.24, 2.45) is 0 Å². The molecule has 0 saturated carbocycles. The quantitative estimate of drug-likeness (QED) is 0.359. The van der Waals surface area contributed by atoms with Crippen LogP contribution in [-0.2, 0) is 6.54 Å². The fourth-order valence-electron chi connectivity index (χ4n) is 3.90. The number of para-hydroxylation sites is 2. The summed E-state index contributed by atoms with van der Waals surface area (Å²) in [6.07, 6.45) is 1.94. The summed E-state index contributed by atoms with van der Waals surface area (Å²) < 4.78 is 2.26. The maximum Gasteiger partial charge on any atom is 0.142 e. The third-order valence-corrected chi connectivity index (χ3v) is 4.97. The van der Waals surface area contributed by atoms with Gasteiger partial charge in [-0.15, -0.1) is 6.58 Å². The zero-order valence-corrected chi connectivity index (χ0v) is 14.4. The Labute approximate surface area is 152 Å². The minimum Gasteiger partial charge on any atom is -0.321 e. The number of nitrogens with zero attached hydrogens (tertiary/aromatic N) is 2. The molecule has 0 saturated heterocycles. The monoisotopic (exact) mass is 334 g/mol. The van der Waals surface area contributed by atoms with Gasteiger partial charge in [-0.05, 0) is 17.7 Å². The van der Waals surface area contributed by atoms with E-state index in [9.17, 15) is 0 Å². The Balaban J connectivity index is 2.08. The van der Waals surface area contributed by atoms with Crippen LogP contribution in [-0.4, -0.2) is 9.55 Å². The number of aromatic nitrogens is 2. The fourth-order valence-corrected chi connectivity index (χ4v) is 3.90. The smallest absolute Gasteiger partial charge is 0.142 e. The van der Waals surface area contributed by atoms with Gasteiger partial charge < -0.3 is 4.57 Å². The predicted molar refractivity (Wildman–Crippen MR) is 110 cm³/mol. The molecule has 0 atom stereocenters. The van der Waals surface area contributed by atoms with E-state index < -0.39 is 0 Å². The highest BCUT2D eigenvalue weighted by molar-refractivity contribution is 6.20. The molecule has 26 heavy (non-hydrogen) atoms. The van der Waals surface area contributed by atoms with Crippen molar-refractivity contribution < 1.29 is 0 Å². The van der Waals surface area contributed by atoms with Crippen molar-refractivity contribution in [3.05, 3.63) is 91.5 Å². The number of benzene rings is 3. The molecular weight excluding hydrogens is 316 g/mol. The molecular formula is C24H18N2. The molecule has 0 radical (unpaired) electrons. The summed E-state index contributed by atoms with van der Waals surface area (Å²) in [6.45, 7) is 4.68. The van der Waals surface area contributed by atoms with Crippen molar-refractivity contribution in [2.45, 2.75) is 6.54 Å². The molecule has 2 nitrogen and oxygen atoms in total. The van der Waals surface area contributed by atoms with Gasteiger partial charge in [-0.3, -0.25) is 0 Å². The average Bonchev–Trinajstić information content (AvgIpc) is 3.01. The van der Waals surface area contributed by atoms with E-state index in [1.807, 2.05) is 6.08 Å². The van der Waals surface area contributed by atoms with E-state index in [0.29, 0.717) is 0 Å². The minimum atomic E-state index is 0.740. The van der Waals surface area contributed by atoms with E-state index in [-0.39, 0.29) is 0 Å². The molecule has 0 aliphatic rings. The first-order valence-corrected chi connectivity index (χ1v) is 8.84. The molecule has 0 fully saturated rings. The number of rotatable bonds is 3. The Morgan fingerprint density at radius 3 is 2.31 bits per heavy atom. The molecule has 124 valence electrons. The van der Waals surface area contributed by atoms with Gasteiger partial charge in [-0.2, -0.15) is 0 Å². The summed E-state index contributed by atoms with van der Waals surface area (Å²) >= 11 is 0. The number of allylic oxidation sites excluding steroid dienone is 1. The first-order valence-electron chi connectivity index (χ1n) is 8.84. The van der Waals surface area contributed by atoms with E-state index in [1.165, 1.54) is 32.8 Å². The SMILES string of the molecule is C=CCn1c2ccccc2c2c(-c3ccccc3)c3ccccc3nc21. The second-order valence-electron chi connectivity index (χ2n) is 6.49. The summed E-state index contributed by atoms with van der Waals surface area (Å²) in [7, 11) is 0. The van der Waals surface area contributed by atoms with Crippen LogP contribution in [0.2, 0.25) is 0 Å². The molecule has 5 aromatic rings. The lowest BCUT2D eigenvalue weighted by Crippen LogP contribution is -1.97. The van der Waals surface area contributed by atoms with Crippen LogP contribution in [0.1, 0.15) is 0 Å². The van der Waals surface area contributed by atoms with Crippen molar-refractivity contribution in [2.75, 3.05) is 0 Å². The molecule has 2 aromatic heterocycles. The van der Waals surface area contributed by atoms with Gasteiger partial charge in [-0.1, -0.05) is 72.8 Å². The maximum absolute atomic E-state index is 5.03. The minimum absolute atomic E-state index is 0.740. The molecule has 0 unspecified atom stereocenters. The summed E-state index contributed by atoms with van der Waals surface area (Å²) in [5.41, 5.74) is 5.71. The van der Waals surface area contributed by atoms with Crippen LogP contribution in [0.15, 0.2) is 91.5 Å². The predicted octanol–water partition coefficient (Wildman–Crippen LogP) is 6.20. The molecule has 0 N–H and O–H groups in total. The van der Waals surface area contributed by atoms with Crippen molar-refractivity contribution in [1.29, 1.82) is 0 Å². The van der Waals surface area contributed by atoms with Gasteiger partial charge in [0.15, 0.2) is 0 Å².